The van der Waals surface area contributed by atoms with Gasteiger partial charge in [-0.3, -0.25) is 4.79 Å². The summed E-state index contributed by atoms with van der Waals surface area (Å²) >= 11 is 0. The third-order valence-corrected chi connectivity index (χ3v) is 6.33. The number of aromatic hydroxyl groups is 1. The zero-order valence-electron chi connectivity index (χ0n) is 23.2. The first kappa shape index (κ1) is 29.0. The van der Waals surface area contributed by atoms with Crippen molar-refractivity contribution in [2.75, 3.05) is 6.54 Å². The van der Waals surface area contributed by atoms with E-state index in [0.29, 0.717) is 19.4 Å². The Morgan fingerprint density at radius 2 is 1.71 bits per heavy atom. The number of phenolic OH excluding ortho intramolecular Hbond substituents is 1. The summed E-state index contributed by atoms with van der Waals surface area (Å²) in [7, 11) is 0. The van der Waals surface area contributed by atoms with Crippen LogP contribution in [-0.2, 0) is 37.5 Å². The van der Waals surface area contributed by atoms with Crippen molar-refractivity contribution in [3.63, 3.8) is 0 Å². The van der Waals surface area contributed by atoms with Gasteiger partial charge < -0.3 is 24.8 Å². The molecule has 2 amide bonds. The fraction of sp³-hybridized carbons (Fsp3) is 0.500. The number of benzene rings is 2. The lowest BCUT2D eigenvalue weighted by molar-refractivity contribution is -0.155. The molecular weight excluding hydrogens is 484 g/mol. The van der Waals surface area contributed by atoms with E-state index in [4.69, 9.17) is 9.47 Å². The molecule has 1 fully saturated rings. The van der Waals surface area contributed by atoms with Crippen LogP contribution in [0.5, 0.6) is 5.75 Å². The molecule has 3 rings (SSSR count). The summed E-state index contributed by atoms with van der Waals surface area (Å²) in [4.78, 5) is 40.9. The van der Waals surface area contributed by atoms with Gasteiger partial charge in [-0.2, -0.15) is 0 Å². The van der Waals surface area contributed by atoms with E-state index in [0.717, 1.165) is 16.7 Å². The van der Waals surface area contributed by atoms with E-state index in [2.05, 4.69) is 5.32 Å². The first-order valence-corrected chi connectivity index (χ1v) is 13.1. The van der Waals surface area contributed by atoms with Crippen molar-refractivity contribution in [1.29, 1.82) is 0 Å². The number of esters is 1. The van der Waals surface area contributed by atoms with Crippen LogP contribution in [0.4, 0.5) is 4.79 Å². The van der Waals surface area contributed by atoms with Crippen LogP contribution in [0, 0.1) is 0 Å². The first-order chi connectivity index (χ1) is 17.7. The molecule has 0 saturated carbocycles. The summed E-state index contributed by atoms with van der Waals surface area (Å²) in [5.74, 6) is -0.666. The molecule has 8 nitrogen and oxygen atoms in total. The van der Waals surface area contributed by atoms with Gasteiger partial charge in [-0.1, -0.05) is 63.2 Å². The minimum atomic E-state index is -0.968. The molecule has 2 N–H and O–H groups in total. The quantitative estimate of drug-likeness (QED) is 0.501. The van der Waals surface area contributed by atoms with Crippen molar-refractivity contribution < 1.29 is 29.0 Å². The molecule has 0 bridgehead atoms. The van der Waals surface area contributed by atoms with Crippen molar-refractivity contribution >= 4 is 18.0 Å². The van der Waals surface area contributed by atoms with Crippen molar-refractivity contribution in [3.05, 3.63) is 65.2 Å². The molecule has 0 aromatic heterocycles. The van der Waals surface area contributed by atoms with Crippen LogP contribution in [0.25, 0.3) is 0 Å². The Morgan fingerprint density at radius 1 is 1.03 bits per heavy atom. The topological polar surface area (TPSA) is 105 Å². The van der Waals surface area contributed by atoms with Gasteiger partial charge in [0, 0.05) is 13.0 Å². The van der Waals surface area contributed by atoms with Crippen LogP contribution < -0.4 is 5.32 Å². The monoisotopic (exact) mass is 524 g/mol. The van der Waals surface area contributed by atoms with Gasteiger partial charge in [0.05, 0.1) is 0 Å². The first-order valence-electron chi connectivity index (χ1n) is 13.1. The van der Waals surface area contributed by atoms with Crippen molar-refractivity contribution in [2.24, 2.45) is 0 Å². The van der Waals surface area contributed by atoms with Gasteiger partial charge in [0.15, 0.2) is 0 Å². The molecule has 1 heterocycles. The lowest BCUT2D eigenvalue weighted by Gasteiger charge is -2.29. The number of likely N-dealkylation sites (tertiary alicyclic amines) is 1. The maximum atomic E-state index is 13.8. The van der Waals surface area contributed by atoms with Gasteiger partial charge in [-0.15, -0.1) is 0 Å². The highest BCUT2D eigenvalue weighted by Crippen LogP contribution is 2.32. The maximum absolute atomic E-state index is 13.8. The van der Waals surface area contributed by atoms with Gasteiger partial charge in [-0.25, -0.2) is 9.59 Å². The van der Waals surface area contributed by atoms with Crippen LogP contribution in [0.1, 0.15) is 71.1 Å². The fourth-order valence-corrected chi connectivity index (χ4v) is 4.50. The van der Waals surface area contributed by atoms with E-state index in [1.165, 1.54) is 4.90 Å². The van der Waals surface area contributed by atoms with Gasteiger partial charge in [-0.05, 0) is 61.8 Å². The molecule has 2 aromatic rings. The van der Waals surface area contributed by atoms with Crippen LogP contribution >= 0.6 is 0 Å². The molecule has 2 unspecified atom stereocenters. The van der Waals surface area contributed by atoms with E-state index in [9.17, 15) is 19.5 Å². The second-order valence-corrected chi connectivity index (χ2v) is 11.8. The third-order valence-electron chi connectivity index (χ3n) is 6.33. The molecule has 38 heavy (non-hydrogen) atoms. The number of nitrogens with one attached hydrogen (secondary N) is 1. The summed E-state index contributed by atoms with van der Waals surface area (Å²) in [5, 5.41) is 13.1. The Balaban J connectivity index is 1.81. The Labute approximate surface area is 225 Å². The standard InChI is InChI=1S/C30H40N2O6/c1-29(2,3)22-17-21(14-15-25(22)33)18-23(31-28(36)38-30(4,5)6)26(34)32-16-10-13-24(32)27(35)37-19-20-11-8-7-9-12-20/h7-9,11-12,14-15,17,23-24,33H,10,13,16,18-19H2,1-6H3,(H,31,36). The highest BCUT2D eigenvalue weighted by atomic mass is 16.6. The molecule has 206 valence electrons. The number of hydrogen-bond donors (Lipinski definition) is 2. The summed E-state index contributed by atoms with van der Waals surface area (Å²) in [6.45, 7) is 11.7. The zero-order chi connectivity index (χ0) is 28.1. The highest BCUT2D eigenvalue weighted by molar-refractivity contribution is 5.90. The minimum absolute atomic E-state index is 0.126. The summed E-state index contributed by atoms with van der Waals surface area (Å²) in [6.07, 6.45) is 0.604. The molecule has 0 radical (unpaired) electrons. The van der Waals surface area contributed by atoms with Crippen molar-refractivity contribution in [1.82, 2.24) is 10.2 Å². The number of hydrogen-bond acceptors (Lipinski definition) is 6. The van der Waals surface area contributed by atoms with Crippen LogP contribution in [0.2, 0.25) is 0 Å². The molecule has 0 spiro atoms. The second kappa shape index (κ2) is 11.9. The van der Waals surface area contributed by atoms with E-state index in [1.54, 1.807) is 32.9 Å². The predicted molar refractivity (Wildman–Crippen MR) is 145 cm³/mol. The Morgan fingerprint density at radius 3 is 2.34 bits per heavy atom. The number of nitrogens with zero attached hydrogens (tertiary/aromatic N) is 1. The SMILES string of the molecule is CC(C)(C)OC(=O)NC(Cc1ccc(O)c(C(C)(C)C)c1)C(=O)N1CCCC1C(=O)OCc1ccccc1. The number of phenols is 1. The van der Waals surface area contributed by atoms with Gasteiger partial charge in [0.2, 0.25) is 5.91 Å². The van der Waals surface area contributed by atoms with Gasteiger partial charge in [0.25, 0.3) is 0 Å². The van der Waals surface area contributed by atoms with Crippen molar-refractivity contribution in [3.8, 4) is 5.75 Å². The van der Waals surface area contributed by atoms with Crippen LogP contribution in [0.3, 0.4) is 0 Å². The molecule has 0 aliphatic carbocycles. The summed E-state index contributed by atoms with van der Waals surface area (Å²) in [5.41, 5.74) is 1.31. The number of carbonyl (C=O) groups excluding carboxylic acids is 3. The average molecular weight is 525 g/mol. The molecule has 2 atom stereocenters. The number of alkyl carbamates (subject to hydrolysis) is 1. The molecule has 1 aliphatic rings. The molecular formula is C30H40N2O6. The van der Waals surface area contributed by atoms with E-state index in [1.807, 2.05) is 57.2 Å². The lowest BCUT2D eigenvalue weighted by Crippen LogP contribution is -2.53. The van der Waals surface area contributed by atoms with Gasteiger partial charge in [0.1, 0.15) is 30.0 Å². The number of rotatable bonds is 7. The molecule has 1 aliphatic heterocycles. The normalized spacial score (nSPS) is 16.6. The zero-order valence-corrected chi connectivity index (χ0v) is 23.2. The Kier molecular flexibility index (Phi) is 9.07. The largest absolute Gasteiger partial charge is 0.508 e. The highest BCUT2D eigenvalue weighted by Gasteiger charge is 2.39. The van der Waals surface area contributed by atoms with E-state index < -0.39 is 29.7 Å². The lowest BCUT2D eigenvalue weighted by atomic mass is 9.84. The molecule has 8 heteroatoms. The smallest absolute Gasteiger partial charge is 0.408 e. The maximum Gasteiger partial charge on any atom is 0.408 e. The fourth-order valence-electron chi connectivity index (χ4n) is 4.50. The minimum Gasteiger partial charge on any atom is -0.508 e. The van der Waals surface area contributed by atoms with E-state index >= 15 is 0 Å². The van der Waals surface area contributed by atoms with Gasteiger partial charge >= 0.3 is 12.1 Å². The predicted octanol–water partition coefficient (Wildman–Crippen LogP) is 4.86. The second-order valence-electron chi connectivity index (χ2n) is 11.8. The van der Waals surface area contributed by atoms with Crippen molar-refractivity contribution in [2.45, 2.75) is 90.5 Å². The summed E-state index contributed by atoms with van der Waals surface area (Å²) in [6, 6.07) is 12.9. The Hall–Kier alpha value is -3.55. The molecule has 1 saturated heterocycles. The molecule has 2 aromatic carbocycles. The number of carbonyl (C=O) groups is 3. The van der Waals surface area contributed by atoms with Crippen LogP contribution in [-0.4, -0.2) is 52.2 Å². The summed E-state index contributed by atoms with van der Waals surface area (Å²) < 4.78 is 11.0. The number of amides is 2. The van der Waals surface area contributed by atoms with E-state index in [-0.39, 0.29) is 30.1 Å². The average Bonchev–Trinajstić information content (AvgIpc) is 3.31. The Bertz CT molecular complexity index is 1130. The van der Waals surface area contributed by atoms with Crippen LogP contribution in [0.15, 0.2) is 48.5 Å². The third kappa shape index (κ3) is 7.97. The number of ether oxygens (including phenoxy) is 2.